The summed E-state index contributed by atoms with van der Waals surface area (Å²) in [5, 5.41) is 0. The Hall–Kier alpha value is -1.69. The number of rotatable bonds is 3. The zero-order valence-corrected chi connectivity index (χ0v) is 11.4. The van der Waals surface area contributed by atoms with Crippen molar-refractivity contribution in [3.05, 3.63) is 46.3 Å². The zero-order chi connectivity index (χ0) is 13.1. The van der Waals surface area contributed by atoms with E-state index >= 15 is 0 Å². The van der Waals surface area contributed by atoms with Crippen LogP contribution in [0.25, 0.3) is 0 Å². The lowest BCUT2D eigenvalue weighted by molar-refractivity contribution is 0.607. The first-order chi connectivity index (χ1) is 8.58. The Bertz CT molecular complexity index is 562. The SMILES string of the molecule is CN(Cc1ccccc1F)c1nc(N)ncc1Br. The summed E-state index contributed by atoms with van der Waals surface area (Å²) >= 11 is 3.35. The summed E-state index contributed by atoms with van der Waals surface area (Å²) in [6, 6.07) is 6.64. The van der Waals surface area contributed by atoms with Gasteiger partial charge in [0.2, 0.25) is 5.95 Å². The fraction of sp³-hybridized carbons (Fsp3) is 0.167. The highest BCUT2D eigenvalue weighted by molar-refractivity contribution is 9.10. The van der Waals surface area contributed by atoms with Gasteiger partial charge >= 0.3 is 0 Å². The van der Waals surface area contributed by atoms with Crippen LogP contribution in [0.4, 0.5) is 16.2 Å². The van der Waals surface area contributed by atoms with Gasteiger partial charge < -0.3 is 10.6 Å². The van der Waals surface area contributed by atoms with Crippen molar-refractivity contribution in [1.82, 2.24) is 9.97 Å². The second kappa shape index (κ2) is 5.30. The first kappa shape index (κ1) is 12.8. The van der Waals surface area contributed by atoms with E-state index in [2.05, 4.69) is 25.9 Å². The van der Waals surface area contributed by atoms with Crippen LogP contribution in [0.3, 0.4) is 0 Å². The molecule has 94 valence electrons. The molecule has 0 bridgehead atoms. The summed E-state index contributed by atoms with van der Waals surface area (Å²) in [4.78, 5) is 9.79. The van der Waals surface area contributed by atoms with Gasteiger partial charge in [0.25, 0.3) is 0 Å². The molecule has 0 amide bonds. The topological polar surface area (TPSA) is 55.0 Å². The van der Waals surface area contributed by atoms with Gasteiger partial charge in [-0.2, -0.15) is 4.98 Å². The van der Waals surface area contributed by atoms with Crippen molar-refractivity contribution in [2.24, 2.45) is 0 Å². The maximum Gasteiger partial charge on any atom is 0.222 e. The Morgan fingerprint density at radius 1 is 1.39 bits per heavy atom. The lowest BCUT2D eigenvalue weighted by Gasteiger charge is -2.19. The maximum atomic E-state index is 13.5. The summed E-state index contributed by atoms with van der Waals surface area (Å²) in [5.41, 5.74) is 6.15. The quantitative estimate of drug-likeness (QED) is 0.946. The standard InChI is InChI=1S/C12H12BrFN4/c1-18(7-8-4-2-3-5-10(8)14)11-9(13)6-16-12(15)17-11/h2-6H,7H2,1H3,(H2,15,16,17). The number of nitrogens with two attached hydrogens (primary N) is 1. The molecular weight excluding hydrogens is 299 g/mol. The molecule has 2 aromatic rings. The van der Waals surface area contributed by atoms with Gasteiger partial charge in [-0.15, -0.1) is 0 Å². The Morgan fingerprint density at radius 2 is 2.11 bits per heavy atom. The van der Waals surface area contributed by atoms with Gasteiger partial charge in [-0.3, -0.25) is 0 Å². The van der Waals surface area contributed by atoms with Crippen molar-refractivity contribution in [3.63, 3.8) is 0 Å². The number of nitrogens with zero attached hydrogens (tertiary/aromatic N) is 3. The summed E-state index contributed by atoms with van der Waals surface area (Å²) in [7, 11) is 1.82. The number of aromatic nitrogens is 2. The van der Waals surface area contributed by atoms with Gasteiger partial charge in [0.05, 0.1) is 4.47 Å². The molecule has 0 saturated carbocycles. The minimum atomic E-state index is -0.234. The molecule has 0 saturated heterocycles. The smallest absolute Gasteiger partial charge is 0.222 e. The van der Waals surface area contributed by atoms with E-state index in [1.165, 1.54) is 6.07 Å². The highest BCUT2D eigenvalue weighted by Crippen LogP contribution is 2.24. The average Bonchev–Trinajstić information content (AvgIpc) is 2.35. The van der Waals surface area contributed by atoms with Crippen molar-refractivity contribution in [3.8, 4) is 0 Å². The summed E-state index contributed by atoms with van der Waals surface area (Å²) in [6.07, 6.45) is 1.58. The second-order valence-corrected chi connectivity index (χ2v) is 4.70. The van der Waals surface area contributed by atoms with Crippen molar-refractivity contribution in [1.29, 1.82) is 0 Å². The fourth-order valence-corrected chi connectivity index (χ4v) is 2.09. The molecule has 2 rings (SSSR count). The van der Waals surface area contributed by atoms with E-state index in [1.807, 2.05) is 7.05 Å². The molecule has 0 atom stereocenters. The van der Waals surface area contributed by atoms with Crippen LogP contribution >= 0.6 is 15.9 Å². The second-order valence-electron chi connectivity index (χ2n) is 3.85. The zero-order valence-electron chi connectivity index (χ0n) is 9.77. The van der Waals surface area contributed by atoms with Gasteiger partial charge in [-0.25, -0.2) is 9.37 Å². The van der Waals surface area contributed by atoms with Crippen LogP contribution in [0.1, 0.15) is 5.56 Å². The third kappa shape index (κ3) is 2.76. The highest BCUT2D eigenvalue weighted by atomic mass is 79.9. The van der Waals surface area contributed by atoms with Crippen molar-refractivity contribution in [2.75, 3.05) is 17.7 Å². The molecule has 0 aliphatic carbocycles. The largest absolute Gasteiger partial charge is 0.368 e. The lowest BCUT2D eigenvalue weighted by atomic mass is 10.2. The number of hydrogen-bond acceptors (Lipinski definition) is 4. The van der Waals surface area contributed by atoms with E-state index in [4.69, 9.17) is 5.73 Å². The van der Waals surface area contributed by atoms with Crippen molar-refractivity contribution >= 4 is 27.7 Å². The predicted octanol–water partition coefficient (Wildman–Crippen LogP) is 2.60. The van der Waals surface area contributed by atoms with Crippen LogP contribution in [0.2, 0.25) is 0 Å². The van der Waals surface area contributed by atoms with Gasteiger partial charge in [-0.1, -0.05) is 18.2 Å². The molecule has 1 aromatic heterocycles. The monoisotopic (exact) mass is 310 g/mol. The molecule has 18 heavy (non-hydrogen) atoms. The van der Waals surface area contributed by atoms with E-state index in [0.717, 1.165) is 4.47 Å². The number of hydrogen-bond donors (Lipinski definition) is 1. The van der Waals surface area contributed by atoms with Gasteiger partial charge in [0.15, 0.2) is 0 Å². The van der Waals surface area contributed by atoms with Gasteiger partial charge in [0, 0.05) is 25.4 Å². The van der Waals surface area contributed by atoms with Crippen molar-refractivity contribution < 1.29 is 4.39 Å². The molecule has 0 fully saturated rings. The molecule has 1 aromatic carbocycles. The van der Waals surface area contributed by atoms with E-state index < -0.39 is 0 Å². The van der Waals surface area contributed by atoms with E-state index in [-0.39, 0.29) is 11.8 Å². The molecule has 0 aliphatic rings. The summed E-state index contributed by atoms with van der Waals surface area (Å²) in [5.74, 6) is 0.585. The molecular formula is C12H12BrFN4. The van der Waals surface area contributed by atoms with Crippen LogP contribution in [0.15, 0.2) is 34.9 Å². The third-order valence-corrected chi connectivity index (χ3v) is 3.03. The molecule has 2 N–H and O–H groups in total. The first-order valence-corrected chi connectivity index (χ1v) is 6.10. The van der Waals surface area contributed by atoms with Gasteiger partial charge in [-0.05, 0) is 22.0 Å². The number of benzene rings is 1. The molecule has 6 heteroatoms. The molecule has 0 spiro atoms. The third-order valence-electron chi connectivity index (χ3n) is 2.47. The Balaban J connectivity index is 2.25. The van der Waals surface area contributed by atoms with E-state index in [1.54, 1.807) is 29.3 Å². The molecule has 1 heterocycles. The van der Waals surface area contributed by atoms with Crippen LogP contribution in [-0.4, -0.2) is 17.0 Å². The average molecular weight is 311 g/mol. The van der Waals surface area contributed by atoms with E-state index in [9.17, 15) is 4.39 Å². The van der Waals surface area contributed by atoms with Crippen LogP contribution < -0.4 is 10.6 Å². The lowest BCUT2D eigenvalue weighted by Crippen LogP contribution is -2.19. The Morgan fingerprint density at radius 3 is 2.83 bits per heavy atom. The van der Waals surface area contributed by atoms with E-state index in [0.29, 0.717) is 17.9 Å². The first-order valence-electron chi connectivity index (χ1n) is 5.30. The molecule has 0 radical (unpaired) electrons. The normalized spacial score (nSPS) is 10.4. The highest BCUT2D eigenvalue weighted by Gasteiger charge is 2.11. The summed E-state index contributed by atoms with van der Waals surface area (Å²) in [6.45, 7) is 0.404. The van der Waals surface area contributed by atoms with Crippen LogP contribution in [-0.2, 0) is 6.54 Å². The Kier molecular flexibility index (Phi) is 3.76. The Labute approximate surface area is 113 Å². The molecule has 4 nitrogen and oxygen atoms in total. The molecule has 0 unspecified atom stereocenters. The minimum absolute atomic E-state index is 0.189. The minimum Gasteiger partial charge on any atom is -0.368 e. The van der Waals surface area contributed by atoms with Crippen molar-refractivity contribution in [2.45, 2.75) is 6.54 Å². The van der Waals surface area contributed by atoms with Crippen LogP contribution in [0, 0.1) is 5.82 Å². The predicted molar refractivity (Wildman–Crippen MR) is 72.7 cm³/mol. The number of anilines is 2. The van der Waals surface area contributed by atoms with Crippen LogP contribution in [0.5, 0.6) is 0 Å². The summed E-state index contributed by atoms with van der Waals surface area (Å²) < 4.78 is 14.3. The van der Waals surface area contributed by atoms with Gasteiger partial charge in [0.1, 0.15) is 11.6 Å². The molecule has 0 aliphatic heterocycles. The number of nitrogen functional groups attached to an aromatic ring is 1. The number of halogens is 2. The maximum absolute atomic E-state index is 13.5. The fourth-order valence-electron chi connectivity index (χ4n) is 1.60.